The van der Waals surface area contributed by atoms with Crippen LogP contribution in [0.1, 0.15) is 202 Å². The summed E-state index contributed by atoms with van der Waals surface area (Å²) in [5.74, 6) is 1.36. The number of carbonyl (C=O) groups is 2. The second-order valence-electron chi connectivity index (χ2n) is 19.1. The van der Waals surface area contributed by atoms with Crippen LogP contribution in [-0.2, 0) is 25.6 Å². The average molecular weight is 937 g/mol. The van der Waals surface area contributed by atoms with E-state index in [2.05, 4.69) is 82.9 Å². The predicted octanol–water partition coefficient (Wildman–Crippen LogP) is 10.3. The number of pyridine rings is 1. The standard InChI is InChI=1S/C50H82N2O4.2BrH/c1-10-11-12-13-14-15-16-17-18-19-20-21-22-23-30-52-31-24-25-41(34-52)48-46(49(53)55-44-32-37(6)26-28-42(44)35(2)3)39(8)51-40(9)47(48)50(54)56-45-33-38(7)27-29-43(45)36(4)5;;/h24-25,31,34-38,42-45,48H,10-23,26-30,32-33H2,1-9H3;2*1H. The van der Waals surface area contributed by atoms with Crippen molar-refractivity contribution in [3.8, 4) is 0 Å². The number of nitrogens with one attached hydrogen (secondary N) is 1. The molecule has 0 amide bonds. The first kappa shape index (κ1) is 52.5. The van der Waals surface area contributed by atoms with Crippen molar-refractivity contribution in [1.29, 1.82) is 0 Å². The molecule has 2 aliphatic carbocycles. The Morgan fingerprint density at radius 2 is 1.10 bits per heavy atom. The van der Waals surface area contributed by atoms with E-state index in [0.717, 1.165) is 55.6 Å². The number of aromatic nitrogens is 1. The first-order valence-electron chi connectivity index (χ1n) is 23.5. The minimum absolute atomic E-state index is 0. The molecular weight excluding hydrogens is 852 g/mol. The van der Waals surface area contributed by atoms with Crippen molar-refractivity contribution in [3.05, 3.63) is 52.6 Å². The minimum atomic E-state index is -0.572. The van der Waals surface area contributed by atoms with Gasteiger partial charge in [-0.3, -0.25) is 0 Å². The number of hydrogen-bond donors (Lipinski definition) is 1. The summed E-state index contributed by atoms with van der Waals surface area (Å²) in [7, 11) is 0. The lowest BCUT2D eigenvalue weighted by Crippen LogP contribution is -3.00. The molecule has 2 saturated carbocycles. The van der Waals surface area contributed by atoms with Crippen molar-refractivity contribution < 1.29 is 40.6 Å². The van der Waals surface area contributed by atoms with Crippen LogP contribution in [0.25, 0.3) is 0 Å². The lowest BCUT2D eigenvalue weighted by Gasteiger charge is -2.39. The van der Waals surface area contributed by atoms with E-state index < -0.39 is 5.92 Å². The number of esters is 2. The molecule has 332 valence electrons. The van der Waals surface area contributed by atoms with Gasteiger partial charge < -0.3 is 31.8 Å². The maximum atomic E-state index is 14.6. The number of aryl methyl sites for hydroxylation is 1. The summed E-state index contributed by atoms with van der Waals surface area (Å²) >= 11 is 0. The summed E-state index contributed by atoms with van der Waals surface area (Å²) in [5, 5.41) is 3.45. The molecule has 0 radical (unpaired) electrons. The van der Waals surface area contributed by atoms with Gasteiger partial charge in [0.2, 0.25) is 0 Å². The van der Waals surface area contributed by atoms with Crippen LogP contribution in [0, 0.1) is 35.5 Å². The molecule has 6 nitrogen and oxygen atoms in total. The molecule has 8 heteroatoms. The lowest BCUT2D eigenvalue weighted by atomic mass is 9.75. The van der Waals surface area contributed by atoms with Gasteiger partial charge >= 0.3 is 11.9 Å². The van der Waals surface area contributed by atoms with E-state index >= 15 is 0 Å². The van der Waals surface area contributed by atoms with Crippen LogP contribution in [0.4, 0.5) is 0 Å². The van der Waals surface area contributed by atoms with Gasteiger partial charge in [-0.05, 0) is 87.5 Å². The summed E-state index contributed by atoms with van der Waals surface area (Å²) in [4.78, 5) is 29.2. The Morgan fingerprint density at radius 1 is 0.690 bits per heavy atom. The van der Waals surface area contributed by atoms with Crippen molar-refractivity contribution in [3.63, 3.8) is 0 Å². The Kier molecular flexibility index (Phi) is 24.7. The van der Waals surface area contributed by atoms with Crippen LogP contribution in [0.5, 0.6) is 0 Å². The number of rotatable bonds is 22. The second-order valence-corrected chi connectivity index (χ2v) is 19.1. The van der Waals surface area contributed by atoms with E-state index in [4.69, 9.17) is 9.47 Å². The van der Waals surface area contributed by atoms with E-state index in [1.54, 1.807) is 0 Å². The number of carbonyl (C=O) groups excluding carboxylic acids is 2. The fourth-order valence-corrected chi connectivity index (χ4v) is 10.1. The van der Waals surface area contributed by atoms with Gasteiger partial charge in [-0.15, -0.1) is 17.0 Å². The predicted molar refractivity (Wildman–Crippen MR) is 241 cm³/mol. The third-order valence-electron chi connectivity index (χ3n) is 13.6. The van der Waals surface area contributed by atoms with Crippen molar-refractivity contribution >= 4 is 28.9 Å². The van der Waals surface area contributed by atoms with E-state index in [-0.39, 0.29) is 58.1 Å². The highest BCUT2D eigenvalue weighted by Crippen LogP contribution is 2.43. The average Bonchev–Trinajstić information content (AvgIpc) is 3.14. The molecule has 0 saturated heterocycles. The Bertz CT molecular complexity index is 1370. The zero-order valence-corrected chi connectivity index (χ0v) is 41.5. The molecule has 1 N–H and O–H groups in total. The first-order chi connectivity index (χ1) is 26.9. The number of hydrogen-bond acceptors (Lipinski definition) is 5. The molecule has 3 aliphatic rings. The number of dihydropyridines is 1. The SMILES string of the molecule is Br.CCCCCCCCCCCCCCCC[n+]1cccc(C2C(C(=O)OC3CC(C)CCC3C(C)C)=C(C)NC(C)=C2C(=O)OC2CC(C)CCC2C(C)C)c1.[Br-]. The number of unbranched alkanes of at least 4 members (excludes halogenated alkanes) is 13. The highest BCUT2D eigenvalue weighted by atomic mass is 79.9. The molecule has 1 aliphatic heterocycles. The van der Waals surface area contributed by atoms with Gasteiger partial charge in [-0.2, -0.15) is 0 Å². The largest absolute Gasteiger partial charge is 1.00 e. The molecule has 2 heterocycles. The van der Waals surface area contributed by atoms with E-state index in [1.165, 1.54) is 96.3 Å². The summed E-state index contributed by atoms with van der Waals surface area (Å²) in [6.07, 6.45) is 29.0. The first-order valence-corrected chi connectivity index (χ1v) is 23.5. The molecular formula is C50H84Br2N2O4. The van der Waals surface area contributed by atoms with E-state index in [9.17, 15) is 9.59 Å². The fourth-order valence-electron chi connectivity index (χ4n) is 10.1. The van der Waals surface area contributed by atoms with Crippen LogP contribution >= 0.6 is 17.0 Å². The summed E-state index contributed by atoms with van der Waals surface area (Å²) in [6, 6.07) is 4.16. The van der Waals surface area contributed by atoms with Gasteiger partial charge in [0.15, 0.2) is 12.4 Å². The van der Waals surface area contributed by atoms with Crippen LogP contribution in [0.3, 0.4) is 0 Å². The summed E-state index contributed by atoms with van der Waals surface area (Å²) in [6.45, 7) is 20.6. The molecule has 6 atom stereocenters. The van der Waals surface area contributed by atoms with Gasteiger partial charge in [-0.1, -0.05) is 138 Å². The van der Waals surface area contributed by atoms with Crippen molar-refractivity contribution in [2.45, 2.75) is 215 Å². The number of ether oxygens (including phenoxy) is 2. The number of nitrogens with zero attached hydrogens (tertiary/aromatic N) is 1. The Hall–Kier alpha value is -1.67. The minimum Gasteiger partial charge on any atom is -1.00 e. The zero-order valence-electron chi connectivity index (χ0n) is 38.2. The highest BCUT2D eigenvalue weighted by molar-refractivity contribution is 8.93. The van der Waals surface area contributed by atoms with Gasteiger partial charge in [0.05, 0.1) is 17.1 Å². The van der Waals surface area contributed by atoms with Gasteiger partial charge in [0, 0.05) is 29.4 Å². The molecule has 0 bridgehead atoms. The third-order valence-corrected chi connectivity index (χ3v) is 13.6. The molecule has 6 unspecified atom stereocenters. The Morgan fingerprint density at radius 3 is 1.52 bits per heavy atom. The van der Waals surface area contributed by atoms with Crippen LogP contribution in [0.15, 0.2) is 47.1 Å². The van der Waals surface area contributed by atoms with Crippen molar-refractivity contribution in [2.24, 2.45) is 35.5 Å². The van der Waals surface area contributed by atoms with Crippen molar-refractivity contribution in [2.75, 3.05) is 0 Å². The summed E-state index contributed by atoms with van der Waals surface area (Å²) in [5.41, 5.74) is 3.53. The topological polar surface area (TPSA) is 68.5 Å². The van der Waals surface area contributed by atoms with Gasteiger partial charge in [-0.25, -0.2) is 14.2 Å². The van der Waals surface area contributed by atoms with Gasteiger partial charge in [0.25, 0.3) is 0 Å². The van der Waals surface area contributed by atoms with Crippen molar-refractivity contribution in [1.82, 2.24) is 5.32 Å². The zero-order chi connectivity index (χ0) is 40.6. The van der Waals surface area contributed by atoms with E-state index in [1.807, 2.05) is 13.8 Å². The summed E-state index contributed by atoms with van der Waals surface area (Å²) < 4.78 is 15.3. The monoisotopic (exact) mass is 934 g/mol. The number of halogens is 2. The molecule has 0 aromatic carbocycles. The third kappa shape index (κ3) is 16.0. The smallest absolute Gasteiger partial charge is 0.337 e. The van der Waals surface area contributed by atoms with E-state index in [0.29, 0.717) is 46.7 Å². The number of allylic oxidation sites excluding steroid dienone is 2. The Balaban J connectivity index is 0.00000580. The maximum absolute atomic E-state index is 14.6. The fraction of sp³-hybridized carbons (Fsp3) is 0.780. The molecule has 1 aromatic heterocycles. The normalized spacial score (nSPS) is 24.9. The van der Waals surface area contributed by atoms with Crippen LogP contribution in [-0.4, -0.2) is 24.1 Å². The van der Waals surface area contributed by atoms with Gasteiger partial charge in [0.1, 0.15) is 18.8 Å². The maximum Gasteiger partial charge on any atom is 0.337 e. The van der Waals surface area contributed by atoms with Crippen LogP contribution in [0.2, 0.25) is 0 Å². The quantitative estimate of drug-likeness (QED) is 0.0713. The molecule has 4 rings (SSSR count). The Labute approximate surface area is 376 Å². The molecule has 2 fully saturated rings. The lowest BCUT2D eigenvalue weighted by molar-refractivity contribution is -0.697. The molecule has 58 heavy (non-hydrogen) atoms. The second kappa shape index (κ2) is 27.3. The highest BCUT2D eigenvalue weighted by Gasteiger charge is 2.43. The van der Waals surface area contributed by atoms with Crippen LogP contribution < -0.4 is 26.9 Å². The molecule has 0 spiro atoms. The molecule has 1 aromatic rings.